The minimum atomic E-state index is 0. The Hall–Kier alpha value is 1.12. The molecule has 0 aromatic heterocycles. The molecule has 0 heterocycles. The summed E-state index contributed by atoms with van der Waals surface area (Å²) in [4.78, 5) is 0. The number of hydrogen-bond acceptors (Lipinski definition) is 0. The number of hydrogen-bond donors (Lipinski definition) is 0. The van der Waals surface area contributed by atoms with Crippen molar-refractivity contribution in [3.8, 4) is 0 Å². The molecule has 0 radical (unpaired) electrons. The van der Waals surface area contributed by atoms with Crippen LogP contribution in [0.1, 0.15) is 64.2 Å². The first-order valence-corrected chi connectivity index (χ1v) is 5.97. The fourth-order valence-corrected chi connectivity index (χ4v) is 3.21. The first-order valence-electron chi connectivity index (χ1n) is 5.97. The van der Waals surface area contributed by atoms with Crippen molar-refractivity contribution in [1.82, 2.24) is 0 Å². The van der Waals surface area contributed by atoms with Crippen LogP contribution in [0.25, 0.3) is 0 Å². The molecule has 2 saturated carbocycles. The molecule has 94 valence electrons. The van der Waals surface area contributed by atoms with E-state index in [9.17, 15) is 0 Å². The van der Waals surface area contributed by atoms with Crippen molar-refractivity contribution in [2.45, 2.75) is 64.2 Å². The van der Waals surface area contributed by atoms with E-state index in [4.69, 9.17) is 0 Å². The molecule has 0 aromatic rings. The zero-order valence-electron chi connectivity index (χ0n) is 9.04. The van der Waals surface area contributed by atoms with E-state index in [1.54, 1.807) is 25.7 Å². The molecule has 2 fully saturated rings. The fourth-order valence-electron chi connectivity index (χ4n) is 3.21. The molecular formula is C12H28Cl2Ge. The first-order chi connectivity index (χ1) is 5.97. The van der Waals surface area contributed by atoms with E-state index in [0.29, 0.717) is 0 Å². The predicted molar refractivity (Wildman–Crippen MR) is 79.0 cm³/mol. The Bertz CT molecular complexity index is 114. The molecule has 0 aliphatic heterocycles. The molecule has 0 atom stereocenters. The number of halogens is 2. The second-order valence-corrected chi connectivity index (χ2v) is 4.80. The molecule has 0 bridgehead atoms. The predicted octanol–water partition coefficient (Wildman–Crippen LogP) is 3.54. The second kappa shape index (κ2) is 10.3. The molecular weight excluding hydrogens is 288 g/mol. The molecule has 0 spiro atoms. The second-order valence-electron chi connectivity index (χ2n) is 4.80. The van der Waals surface area contributed by atoms with Crippen LogP contribution in [-0.4, -0.2) is 17.6 Å². The van der Waals surface area contributed by atoms with Crippen LogP contribution in [0.5, 0.6) is 0 Å². The van der Waals surface area contributed by atoms with E-state index in [-0.39, 0.29) is 42.4 Å². The van der Waals surface area contributed by atoms with Crippen molar-refractivity contribution < 1.29 is 0 Å². The topological polar surface area (TPSA) is 0 Å². The van der Waals surface area contributed by atoms with Gasteiger partial charge in [-0.1, -0.05) is 64.2 Å². The summed E-state index contributed by atoms with van der Waals surface area (Å²) in [5.41, 5.74) is 0. The quantitative estimate of drug-likeness (QED) is 0.649. The van der Waals surface area contributed by atoms with Crippen molar-refractivity contribution in [3.05, 3.63) is 0 Å². The average Bonchev–Trinajstić information content (AvgIpc) is 2.21. The zero-order valence-corrected chi connectivity index (χ0v) is 10.7. The van der Waals surface area contributed by atoms with Gasteiger partial charge in [-0.05, 0) is 11.8 Å². The molecule has 15 heavy (non-hydrogen) atoms. The van der Waals surface area contributed by atoms with Gasteiger partial charge in [-0.15, -0.1) is 24.8 Å². The van der Waals surface area contributed by atoms with Gasteiger partial charge in [0.2, 0.25) is 0 Å². The third-order valence-electron chi connectivity index (χ3n) is 3.97. The summed E-state index contributed by atoms with van der Waals surface area (Å²) in [5.74, 6) is 2.28. The summed E-state index contributed by atoms with van der Waals surface area (Å²) in [6.45, 7) is 0. The van der Waals surface area contributed by atoms with E-state index >= 15 is 0 Å². The Kier molecular flexibility index (Phi) is 12.7. The Labute approximate surface area is 118 Å². The molecule has 0 N–H and O–H groups in total. The van der Waals surface area contributed by atoms with Gasteiger partial charge in [0.05, 0.1) is 0 Å². The molecule has 0 amide bonds. The van der Waals surface area contributed by atoms with Gasteiger partial charge in [0.15, 0.2) is 0 Å². The Morgan fingerprint density at radius 1 is 0.467 bits per heavy atom. The van der Waals surface area contributed by atoms with Crippen LogP contribution < -0.4 is 0 Å². The standard InChI is InChI=1S/C12H22.2ClH.GeH4/c1-3-7-11(8-4-1)12-9-5-2-6-10-12;;;/h11-12H,1-10H2;2*1H;1H4. The van der Waals surface area contributed by atoms with E-state index in [0.717, 1.165) is 11.8 Å². The van der Waals surface area contributed by atoms with E-state index in [1.165, 1.54) is 38.5 Å². The monoisotopic (exact) mass is 316 g/mol. The van der Waals surface area contributed by atoms with Crippen LogP contribution in [0.4, 0.5) is 0 Å². The van der Waals surface area contributed by atoms with Crippen LogP contribution in [0.3, 0.4) is 0 Å². The summed E-state index contributed by atoms with van der Waals surface area (Å²) in [6.07, 6.45) is 15.4. The molecule has 0 unspecified atom stereocenters. The van der Waals surface area contributed by atoms with Crippen molar-refractivity contribution in [3.63, 3.8) is 0 Å². The van der Waals surface area contributed by atoms with Gasteiger partial charge in [0.1, 0.15) is 0 Å². The SMILES string of the molecule is C1CCC(C2CCCCC2)CC1.Cl.Cl.[GeH4]. The van der Waals surface area contributed by atoms with Crippen LogP contribution in [0.15, 0.2) is 0 Å². The van der Waals surface area contributed by atoms with Crippen molar-refractivity contribution in [2.75, 3.05) is 0 Å². The van der Waals surface area contributed by atoms with Crippen LogP contribution in [0, 0.1) is 11.8 Å². The van der Waals surface area contributed by atoms with Crippen LogP contribution in [-0.2, 0) is 0 Å². The molecule has 0 saturated heterocycles. The molecule has 3 heteroatoms. The summed E-state index contributed by atoms with van der Waals surface area (Å²) < 4.78 is 0. The fraction of sp³-hybridized carbons (Fsp3) is 1.00. The summed E-state index contributed by atoms with van der Waals surface area (Å²) >= 11 is 0. The van der Waals surface area contributed by atoms with Gasteiger partial charge in [0, 0.05) is 0 Å². The van der Waals surface area contributed by atoms with Crippen molar-refractivity contribution in [1.29, 1.82) is 0 Å². The first kappa shape index (κ1) is 18.5. The molecule has 0 aromatic carbocycles. The zero-order chi connectivity index (χ0) is 8.23. The van der Waals surface area contributed by atoms with Gasteiger partial charge in [-0.3, -0.25) is 0 Å². The molecule has 2 aliphatic rings. The van der Waals surface area contributed by atoms with E-state index < -0.39 is 0 Å². The Balaban J connectivity index is 0. The average molecular weight is 316 g/mol. The third-order valence-corrected chi connectivity index (χ3v) is 3.97. The Morgan fingerprint density at radius 2 is 0.733 bits per heavy atom. The minimum absolute atomic E-state index is 0. The molecule has 2 aliphatic carbocycles. The van der Waals surface area contributed by atoms with Crippen molar-refractivity contribution >= 4 is 42.4 Å². The van der Waals surface area contributed by atoms with E-state index in [1.807, 2.05) is 0 Å². The normalized spacial score (nSPS) is 23.2. The molecule has 0 nitrogen and oxygen atoms in total. The summed E-state index contributed by atoms with van der Waals surface area (Å²) in [7, 11) is 0. The summed E-state index contributed by atoms with van der Waals surface area (Å²) in [6, 6.07) is 0. The van der Waals surface area contributed by atoms with Crippen LogP contribution in [0.2, 0.25) is 0 Å². The van der Waals surface area contributed by atoms with E-state index in [2.05, 4.69) is 0 Å². The number of rotatable bonds is 1. The third kappa shape index (κ3) is 5.84. The summed E-state index contributed by atoms with van der Waals surface area (Å²) in [5, 5.41) is 0. The Morgan fingerprint density at radius 3 is 1.00 bits per heavy atom. The molecule has 2 rings (SSSR count). The van der Waals surface area contributed by atoms with Crippen LogP contribution >= 0.6 is 24.8 Å². The van der Waals surface area contributed by atoms with Crippen molar-refractivity contribution in [2.24, 2.45) is 11.8 Å². The van der Waals surface area contributed by atoms with Gasteiger partial charge >= 0.3 is 17.6 Å². The van der Waals surface area contributed by atoms with Gasteiger partial charge < -0.3 is 0 Å². The maximum absolute atomic E-state index is 1.56. The van der Waals surface area contributed by atoms with Gasteiger partial charge in [0.25, 0.3) is 0 Å². The van der Waals surface area contributed by atoms with Gasteiger partial charge in [-0.2, -0.15) is 0 Å². The maximum atomic E-state index is 1.56. The van der Waals surface area contributed by atoms with Gasteiger partial charge in [-0.25, -0.2) is 0 Å².